The minimum atomic E-state index is 0.122. The van der Waals surface area contributed by atoms with Crippen molar-refractivity contribution < 1.29 is 0 Å². The number of pyridine rings is 1. The summed E-state index contributed by atoms with van der Waals surface area (Å²) < 4.78 is 1.86. The summed E-state index contributed by atoms with van der Waals surface area (Å²) in [5, 5.41) is 10.3. The summed E-state index contributed by atoms with van der Waals surface area (Å²) in [5.41, 5.74) is 10.7. The van der Waals surface area contributed by atoms with Gasteiger partial charge in [0.1, 0.15) is 17.0 Å². The molecule has 5 rings (SSSR count). The molecular formula is C18H11Br2N7. The minimum Gasteiger partial charge on any atom is -0.366 e. The van der Waals surface area contributed by atoms with Crippen LogP contribution in [0.25, 0.3) is 44.5 Å². The van der Waals surface area contributed by atoms with E-state index in [2.05, 4.69) is 62.0 Å². The summed E-state index contributed by atoms with van der Waals surface area (Å²) in [7, 11) is 0. The summed E-state index contributed by atoms with van der Waals surface area (Å²) in [6.07, 6.45) is 5.51. The highest BCUT2D eigenvalue weighted by molar-refractivity contribution is 9.10. The third kappa shape index (κ3) is 2.70. The number of nitrogens with two attached hydrogens (primary N) is 1. The van der Waals surface area contributed by atoms with Crippen LogP contribution in [0.4, 0.5) is 5.95 Å². The summed E-state index contributed by atoms with van der Waals surface area (Å²) >= 11 is 7.01. The Morgan fingerprint density at radius 2 is 1.63 bits per heavy atom. The number of anilines is 1. The third-order valence-electron chi connectivity index (χ3n) is 4.35. The lowest BCUT2D eigenvalue weighted by Gasteiger charge is -2.07. The molecule has 132 valence electrons. The van der Waals surface area contributed by atoms with Crippen molar-refractivity contribution in [2.45, 2.75) is 0 Å². The largest absolute Gasteiger partial charge is 0.366 e. The molecule has 4 aromatic heterocycles. The second-order valence-corrected chi connectivity index (χ2v) is 7.84. The molecule has 27 heavy (non-hydrogen) atoms. The van der Waals surface area contributed by atoms with E-state index in [9.17, 15) is 0 Å². The van der Waals surface area contributed by atoms with Gasteiger partial charge in [0.25, 0.3) is 0 Å². The van der Waals surface area contributed by atoms with Crippen molar-refractivity contribution in [2.24, 2.45) is 0 Å². The summed E-state index contributed by atoms with van der Waals surface area (Å²) in [4.78, 5) is 15.3. The molecular weight excluding hydrogens is 474 g/mol. The number of halogens is 2. The van der Waals surface area contributed by atoms with Crippen LogP contribution in [0.1, 0.15) is 0 Å². The highest BCUT2D eigenvalue weighted by atomic mass is 79.9. The maximum absolute atomic E-state index is 5.87. The first-order chi connectivity index (χ1) is 13.1. The van der Waals surface area contributed by atoms with Gasteiger partial charge in [0.2, 0.25) is 5.95 Å². The molecule has 0 aliphatic heterocycles. The van der Waals surface area contributed by atoms with Crippen molar-refractivity contribution in [3.05, 3.63) is 51.8 Å². The second-order valence-electron chi connectivity index (χ2n) is 6.01. The van der Waals surface area contributed by atoms with Crippen molar-refractivity contribution in [2.75, 3.05) is 5.73 Å². The van der Waals surface area contributed by atoms with Gasteiger partial charge in [-0.2, -0.15) is 0 Å². The Labute approximate surface area is 169 Å². The van der Waals surface area contributed by atoms with E-state index in [1.165, 1.54) is 0 Å². The lowest BCUT2D eigenvalue weighted by Crippen LogP contribution is -2.02. The van der Waals surface area contributed by atoms with E-state index >= 15 is 0 Å². The molecule has 0 atom stereocenters. The van der Waals surface area contributed by atoms with Crippen LogP contribution in [0, 0.1) is 0 Å². The van der Waals surface area contributed by atoms with Gasteiger partial charge in [0.15, 0.2) is 0 Å². The molecule has 0 radical (unpaired) electrons. The number of hydrogen-bond donors (Lipinski definition) is 3. The van der Waals surface area contributed by atoms with Crippen LogP contribution in [0.15, 0.2) is 51.8 Å². The molecule has 1 aromatic carbocycles. The van der Waals surface area contributed by atoms with Gasteiger partial charge in [-0.3, -0.25) is 0 Å². The Morgan fingerprint density at radius 3 is 2.52 bits per heavy atom. The molecule has 7 nitrogen and oxygen atoms in total. The lowest BCUT2D eigenvalue weighted by atomic mass is 10.0. The predicted molar refractivity (Wildman–Crippen MR) is 112 cm³/mol. The normalized spacial score (nSPS) is 11.5. The molecule has 9 heteroatoms. The fourth-order valence-corrected chi connectivity index (χ4v) is 3.86. The highest BCUT2D eigenvalue weighted by Gasteiger charge is 2.19. The molecule has 0 aliphatic rings. The Bertz CT molecular complexity index is 1320. The van der Waals surface area contributed by atoms with Crippen LogP contribution in [0.5, 0.6) is 0 Å². The Hall–Kier alpha value is -2.78. The fraction of sp³-hybridized carbons (Fsp3) is 0. The van der Waals surface area contributed by atoms with E-state index in [0.29, 0.717) is 11.4 Å². The number of hydrogen-bond acceptors (Lipinski definition) is 5. The topological polar surface area (TPSA) is 109 Å². The van der Waals surface area contributed by atoms with Gasteiger partial charge in [-0.25, -0.2) is 9.97 Å². The summed E-state index contributed by atoms with van der Waals surface area (Å²) in [6.45, 7) is 0. The van der Waals surface area contributed by atoms with E-state index in [4.69, 9.17) is 5.73 Å². The van der Waals surface area contributed by atoms with Crippen LogP contribution in [0.2, 0.25) is 0 Å². The smallest absolute Gasteiger partial charge is 0.240 e. The van der Waals surface area contributed by atoms with Crippen LogP contribution in [-0.4, -0.2) is 30.1 Å². The van der Waals surface area contributed by atoms with E-state index in [-0.39, 0.29) is 5.95 Å². The summed E-state index contributed by atoms with van der Waals surface area (Å²) in [5.74, 6) is 0.122. The molecule has 5 aromatic rings. The Morgan fingerprint density at radius 1 is 0.852 bits per heavy atom. The number of aromatic amines is 2. The van der Waals surface area contributed by atoms with Gasteiger partial charge in [-0.1, -0.05) is 15.9 Å². The number of rotatable bonds is 2. The van der Waals surface area contributed by atoms with Gasteiger partial charge in [0.05, 0.1) is 0 Å². The molecule has 0 saturated carbocycles. The van der Waals surface area contributed by atoms with Crippen molar-refractivity contribution in [1.29, 1.82) is 0 Å². The number of H-pyrrole nitrogens is 2. The molecule has 0 fully saturated rings. The predicted octanol–water partition coefficient (Wildman–Crippen LogP) is 4.67. The third-order valence-corrected chi connectivity index (χ3v) is 5.28. The maximum Gasteiger partial charge on any atom is 0.240 e. The van der Waals surface area contributed by atoms with Gasteiger partial charge in [0, 0.05) is 55.0 Å². The first kappa shape index (κ1) is 16.4. The highest BCUT2D eigenvalue weighted by Crippen LogP contribution is 2.37. The fourth-order valence-electron chi connectivity index (χ4n) is 3.17. The zero-order valence-electron chi connectivity index (χ0n) is 13.7. The first-order valence-electron chi connectivity index (χ1n) is 8.00. The van der Waals surface area contributed by atoms with Crippen molar-refractivity contribution in [3.63, 3.8) is 0 Å². The molecule has 0 bridgehead atoms. The average molecular weight is 485 g/mol. The molecule has 0 amide bonds. The lowest BCUT2D eigenvalue weighted by molar-refractivity contribution is 0.999. The number of benzene rings is 1. The maximum atomic E-state index is 5.87. The minimum absolute atomic E-state index is 0.122. The number of aromatic nitrogens is 6. The monoisotopic (exact) mass is 483 g/mol. The molecule has 0 unspecified atom stereocenters. The Balaban J connectivity index is 1.82. The number of nitrogen functional groups attached to an aromatic ring is 1. The number of nitrogens with zero attached hydrogens (tertiary/aromatic N) is 4. The zero-order valence-corrected chi connectivity index (χ0v) is 16.8. The average Bonchev–Trinajstić information content (AvgIpc) is 3.25. The van der Waals surface area contributed by atoms with Gasteiger partial charge in [-0.05, 0) is 40.2 Å². The van der Waals surface area contributed by atoms with Crippen molar-refractivity contribution in [1.82, 2.24) is 30.1 Å². The van der Waals surface area contributed by atoms with Crippen molar-refractivity contribution in [3.8, 4) is 22.5 Å². The molecule has 0 saturated heterocycles. The molecule has 4 heterocycles. The number of fused-ring (bicyclic) bond motifs is 2. The molecule has 0 spiro atoms. The van der Waals surface area contributed by atoms with Crippen LogP contribution >= 0.6 is 31.9 Å². The number of nitrogens with one attached hydrogen (secondary N) is 2. The Kier molecular flexibility index (Phi) is 3.73. The van der Waals surface area contributed by atoms with Gasteiger partial charge >= 0.3 is 0 Å². The second kappa shape index (κ2) is 6.14. The van der Waals surface area contributed by atoms with Crippen LogP contribution in [-0.2, 0) is 0 Å². The SMILES string of the molecule is Nc1nnc(-c2c[nH]c3ncc(Br)cc23)c(-c2c[nH]c3ccc(Br)cc23)n1. The van der Waals surface area contributed by atoms with E-state index in [1.54, 1.807) is 6.20 Å². The zero-order chi connectivity index (χ0) is 18.5. The quantitative estimate of drug-likeness (QED) is 0.337. The summed E-state index contributed by atoms with van der Waals surface area (Å²) in [6, 6.07) is 8.02. The molecule has 0 aliphatic carbocycles. The van der Waals surface area contributed by atoms with E-state index in [0.717, 1.165) is 42.0 Å². The van der Waals surface area contributed by atoms with Gasteiger partial charge in [-0.15, -0.1) is 10.2 Å². The first-order valence-corrected chi connectivity index (χ1v) is 9.59. The standard InChI is InChI=1S/C18H11Br2N7/c19-8-1-2-14-10(3-8)12(6-22-14)15-16(26-27-18(21)25-15)13-7-24-17-11(13)4-9(20)5-23-17/h1-7,22H,(H,23,24)(H2,21,25,27). The van der Waals surface area contributed by atoms with Gasteiger partial charge < -0.3 is 15.7 Å². The van der Waals surface area contributed by atoms with E-state index < -0.39 is 0 Å². The van der Waals surface area contributed by atoms with Crippen LogP contribution < -0.4 is 5.73 Å². The van der Waals surface area contributed by atoms with Crippen molar-refractivity contribution >= 4 is 59.7 Å². The molecule has 4 N–H and O–H groups in total. The van der Waals surface area contributed by atoms with E-state index in [1.807, 2.05) is 36.7 Å². The van der Waals surface area contributed by atoms with Crippen LogP contribution in [0.3, 0.4) is 0 Å².